The van der Waals surface area contributed by atoms with Gasteiger partial charge in [0.15, 0.2) is 0 Å². The maximum Gasteiger partial charge on any atom is 0.254 e. The molecule has 0 heterocycles. The Balaban J connectivity index is 2.75. The van der Waals surface area contributed by atoms with Gasteiger partial charge in [0.05, 0.1) is 10.6 Å². The molecule has 0 radical (unpaired) electrons. The van der Waals surface area contributed by atoms with Crippen LogP contribution in [0.5, 0.6) is 0 Å². The fraction of sp³-hybridized carbons (Fsp3) is 0.429. The molecule has 1 aromatic rings. The molecule has 0 unspecified atom stereocenters. The van der Waals surface area contributed by atoms with Gasteiger partial charge in [-0.25, -0.2) is 0 Å². The van der Waals surface area contributed by atoms with Crippen molar-refractivity contribution < 1.29 is 9.59 Å². The predicted molar refractivity (Wildman–Crippen MR) is 81.0 cm³/mol. The zero-order chi connectivity index (χ0) is 15.1. The van der Waals surface area contributed by atoms with Gasteiger partial charge in [0, 0.05) is 26.2 Å². The lowest BCUT2D eigenvalue weighted by Gasteiger charge is -2.13. The topological polar surface area (TPSA) is 75.4 Å². The van der Waals surface area contributed by atoms with Crippen LogP contribution in [0, 0.1) is 0 Å². The first-order valence-electron chi connectivity index (χ1n) is 6.47. The van der Waals surface area contributed by atoms with E-state index < -0.39 is 0 Å². The number of benzene rings is 1. The molecule has 20 heavy (non-hydrogen) atoms. The molecule has 0 aliphatic carbocycles. The third-order valence-electron chi connectivity index (χ3n) is 2.74. The zero-order valence-electron chi connectivity index (χ0n) is 11.8. The summed E-state index contributed by atoms with van der Waals surface area (Å²) in [7, 11) is 3.30. The Kier molecular flexibility index (Phi) is 6.48. The van der Waals surface area contributed by atoms with E-state index in [2.05, 4.69) is 5.32 Å². The molecule has 0 aliphatic heterocycles. The smallest absolute Gasteiger partial charge is 0.254 e. The molecule has 0 aliphatic rings. The van der Waals surface area contributed by atoms with Crippen molar-refractivity contribution in [3.05, 3.63) is 28.8 Å². The fourth-order valence-corrected chi connectivity index (χ4v) is 1.86. The maximum absolute atomic E-state index is 11.9. The number of hydrogen-bond acceptors (Lipinski definition) is 3. The largest absolute Gasteiger partial charge is 0.345 e. The van der Waals surface area contributed by atoms with E-state index in [4.69, 9.17) is 17.3 Å². The third-order valence-corrected chi connectivity index (χ3v) is 3.07. The lowest BCUT2D eigenvalue weighted by molar-refractivity contribution is -0.116. The molecular formula is C14H20ClN3O2. The van der Waals surface area contributed by atoms with Crippen LogP contribution in [0.3, 0.4) is 0 Å². The summed E-state index contributed by atoms with van der Waals surface area (Å²) in [6.45, 7) is 0.579. The van der Waals surface area contributed by atoms with Crippen LogP contribution in [0.1, 0.15) is 29.6 Å². The minimum Gasteiger partial charge on any atom is -0.345 e. The van der Waals surface area contributed by atoms with Crippen molar-refractivity contribution in [2.45, 2.75) is 19.3 Å². The number of unbranched alkanes of at least 4 members (excludes halogenated alkanes) is 1. The number of anilines is 1. The highest BCUT2D eigenvalue weighted by molar-refractivity contribution is 6.34. The van der Waals surface area contributed by atoms with Gasteiger partial charge in [-0.2, -0.15) is 0 Å². The van der Waals surface area contributed by atoms with Crippen LogP contribution in [0.4, 0.5) is 5.69 Å². The molecule has 2 amide bonds. The van der Waals surface area contributed by atoms with E-state index in [-0.39, 0.29) is 11.8 Å². The standard InChI is InChI=1S/C14H20ClN3O2/c1-18(2)14(20)11-9-10(6-7-12(11)15)17-13(19)5-3-4-8-16/h6-7,9H,3-5,8,16H2,1-2H3,(H,17,19). The van der Waals surface area contributed by atoms with Crippen molar-refractivity contribution in [2.24, 2.45) is 5.73 Å². The number of nitrogens with zero attached hydrogens (tertiary/aromatic N) is 1. The summed E-state index contributed by atoms with van der Waals surface area (Å²) in [5, 5.41) is 3.12. The Hall–Kier alpha value is -1.59. The van der Waals surface area contributed by atoms with E-state index in [9.17, 15) is 9.59 Å². The Morgan fingerprint density at radius 2 is 2.00 bits per heavy atom. The zero-order valence-corrected chi connectivity index (χ0v) is 12.5. The molecular weight excluding hydrogens is 278 g/mol. The SMILES string of the molecule is CN(C)C(=O)c1cc(NC(=O)CCCCN)ccc1Cl. The predicted octanol–water partition coefficient (Wildman–Crippen LogP) is 2.11. The van der Waals surface area contributed by atoms with Crippen LogP contribution < -0.4 is 11.1 Å². The minimum absolute atomic E-state index is 0.0935. The van der Waals surface area contributed by atoms with Crippen LogP contribution in [0.25, 0.3) is 0 Å². The van der Waals surface area contributed by atoms with Gasteiger partial charge in [0.2, 0.25) is 5.91 Å². The fourth-order valence-electron chi connectivity index (χ4n) is 1.66. The van der Waals surface area contributed by atoms with Gasteiger partial charge >= 0.3 is 0 Å². The molecule has 0 saturated carbocycles. The van der Waals surface area contributed by atoms with E-state index in [0.29, 0.717) is 29.2 Å². The maximum atomic E-state index is 11.9. The Morgan fingerprint density at radius 1 is 1.30 bits per heavy atom. The molecule has 5 nitrogen and oxygen atoms in total. The number of hydrogen-bond donors (Lipinski definition) is 2. The molecule has 0 aromatic heterocycles. The lowest BCUT2D eigenvalue weighted by Crippen LogP contribution is -2.22. The number of rotatable bonds is 6. The van der Waals surface area contributed by atoms with Crippen LogP contribution in [0.15, 0.2) is 18.2 Å². The van der Waals surface area contributed by atoms with Crippen LogP contribution in [0.2, 0.25) is 5.02 Å². The minimum atomic E-state index is -0.200. The van der Waals surface area contributed by atoms with E-state index >= 15 is 0 Å². The molecule has 110 valence electrons. The highest BCUT2D eigenvalue weighted by atomic mass is 35.5. The Labute approximate surface area is 124 Å². The van der Waals surface area contributed by atoms with Gasteiger partial charge in [-0.15, -0.1) is 0 Å². The van der Waals surface area contributed by atoms with Crippen molar-refractivity contribution in [1.29, 1.82) is 0 Å². The summed E-state index contributed by atoms with van der Waals surface area (Å²) in [5.41, 5.74) is 6.32. The summed E-state index contributed by atoms with van der Waals surface area (Å²) in [4.78, 5) is 25.1. The van der Waals surface area contributed by atoms with Crippen LogP contribution in [-0.4, -0.2) is 37.4 Å². The highest BCUT2D eigenvalue weighted by Gasteiger charge is 2.13. The molecule has 1 rings (SSSR count). The first-order chi connectivity index (χ1) is 9.45. The van der Waals surface area contributed by atoms with Gasteiger partial charge < -0.3 is 16.0 Å². The van der Waals surface area contributed by atoms with Gasteiger partial charge in [0.25, 0.3) is 5.91 Å². The van der Waals surface area contributed by atoms with Crippen molar-refractivity contribution in [1.82, 2.24) is 4.90 Å². The molecule has 6 heteroatoms. The van der Waals surface area contributed by atoms with Crippen molar-refractivity contribution in [2.75, 3.05) is 26.0 Å². The molecule has 0 fully saturated rings. The van der Waals surface area contributed by atoms with E-state index in [1.54, 1.807) is 32.3 Å². The van der Waals surface area contributed by atoms with E-state index in [0.717, 1.165) is 12.8 Å². The van der Waals surface area contributed by atoms with Gasteiger partial charge in [0.1, 0.15) is 0 Å². The number of nitrogens with two attached hydrogens (primary N) is 1. The van der Waals surface area contributed by atoms with Crippen LogP contribution in [-0.2, 0) is 4.79 Å². The summed E-state index contributed by atoms with van der Waals surface area (Å²) in [6.07, 6.45) is 1.98. The molecule has 3 N–H and O–H groups in total. The van der Waals surface area contributed by atoms with Crippen molar-refractivity contribution in [3.63, 3.8) is 0 Å². The van der Waals surface area contributed by atoms with Gasteiger partial charge in [-0.3, -0.25) is 9.59 Å². The Morgan fingerprint density at radius 3 is 2.60 bits per heavy atom. The number of amides is 2. The first kappa shape index (κ1) is 16.5. The molecule has 1 aromatic carbocycles. The van der Waals surface area contributed by atoms with E-state index in [1.165, 1.54) is 4.90 Å². The summed E-state index contributed by atoms with van der Waals surface area (Å²) < 4.78 is 0. The number of carbonyl (C=O) groups excluding carboxylic acids is 2. The summed E-state index contributed by atoms with van der Waals surface area (Å²) in [5.74, 6) is -0.293. The number of halogens is 1. The molecule has 0 atom stereocenters. The molecule has 0 spiro atoms. The Bertz CT molecular complexity index is 489. The second-order valence-electron chi connectivity index (χ2n) is 4.69. The third kappa shape index (κ3) is 4.83. The molecule has 0 bridgehead atoms. The van der Waals surface area contributed by atoms with Gasteiger partial charge in [-0.1, -0.05) is 11.6 Å². The van der Waals surface area contributed by atoms with Crippen LogP contribution >= 0.6 is 11.6 Å². The lowest BCUT2D eigenvalue weighted by atomic mass is 10.1. The second kappa shape index (κ2) is 7.87. The number of carbonyl (C=O) groups is 2. The average molecular weight is 298 g/mol. The van der Waals surface area contributed by atoms with Crippen molar-refractivity contribution >= 4 is 29.1 Å². The summed E-state index contributed by atoms with van der Waals surface area (Å²) in [6, 6.07) is 4.87. The average Bonchev–Trinajstić information content (AvgIpc) is 2.40. The normalized spacial score (nSPS) is 10.2. The van der Waals surface area contributed by atoms with Gasteiger partial charge in [-0.05, 0) is 37.6 Å². The van der Waals surface area contributed by atoms with E-state index in [1.807, 2.05) is 0 Å². The number of nitrogens with one attached hydrogen (secondary N) is 1. The second-order valence-corrected chi connectivity index (χ2v) is 5.10. The van der Waals surface area contributed by atoms with Crippen molar-refractivity contribution in [3.8, 4) is 0 Å². The monoisotopic (exact) mass is 297 g/mol. The molecule has 0 saturated heterocycles. The summed E-state index contributed by atoms with van der Waals surface area (Å²) >= 11 is 6.00. The first-order valence-corrected chi connectivity index (χ1v) is 6.84. The highest BCUT2D eigenvalue weighted by Crippen LogP contribution is 2.22. The quantitative estimate of drug-likeness (QED) is 0.790.